The third-order valence-electron chi connectivity index (χ3n) is 4.86. The minimum absolute atomic E-state index is 0.0949. The number of rotatable bonds is 7. The predicted octanol–water partition coefficient (Wildman–Crippen LogP) is -0.710. The summed E-state index contributed by atoms with van der Waals surface area (Å²) in [5, 5.41) is 20.3. The molecule has 1 saturated heterocycles. The molecular weight excluding hydrogens is 419 g/mol. The molecule has 1 aliphatic heterocycles. The third-order valence-corrected chi connectivity index (χ3v) is 5.34. The van der Waals surface area contributed by atoms with Crippen molar-refractivity contribution in [2.45, 2.75) is 44.4 Å². The number of phosphoric ester groups is 1. The Morgan fingerprint density at radius 1 is 1.10 bits per heavy atom. The lowest BCUT2D eigenvalue weighted by Crippen LogP contribution is -2.43. The van der Waals surface area contributed by atoms with Crippen LogP contribution in [0.15, 0.2) is 46.1 Å². The molecule has 164 valence electrons. The molecule has 1 aliphatic rings. The van der Waals surface area contributed by atoms with Crippen molar-refractivity contribution in [1.29, 1.82) is 0 Å². The standard InChI is InChI=1S/C18H23N2O9P/c1-11-2-4-12(5-3-11)6-8-19-14(21)7-9-20(18(19)24)17-16(23)15(22)13(29-17)10-28-30(25,26)27/h2-5,7,9,13,15-17,22-23H,6,8,10H2,1H3,(H2,25,26,27)/t13-,15+,16?,17-/m1/s1. The summed E-state index contributed by atoms with van der Waals surface area (Å²) in [6, 6.07) is 8.77. The van der Waals surface area contributed by atoms with Gasteiger partial charge >= 0.3 is 13.5 Å². The lowest BCUT2D eigenvalue weighted by molar-refractivity contribution is -0.0548. The van der Waals surface area contributed by atoms with E-state index in [4.69, 9.17) is 14.5 Å². The molecule has 1 aromatic carbocycles. The summed E-state index contributed by atoms with van der Waals surface area (Å²) in [4.78, 5) is 42.6. The molecule has 0 bridgehead atoms. The Kier molecular flexibility index (Phi) is 6.73. The Labute approximate surface area is 171 Å². The van der Waals surface area contributed by atoms with Gasteiger partial charge in [-0.1, -0.05) is 29.8 Å². The van der Waals surface area contributed by atoms with Crippen molar-refractivity contribution in [2.75, 3.05) is 6.61 Å². The highest BCUT2D eigenvalue weighted by Crippen LogP contribution is 2.38. The molecule has 0 amide bonds. The van der Waals surface area contributed by atoms with E-state index in [9.17, 15) is 24.4 Å². The van der Waals surface area contributed by atoms with Gasteiger partial charge in [0.25, 0.3) is 5.56 Å². The van der Waals surface area contributed by atoms with Crippen molar-refractivity contribution in [3.63, 3.8) is 0 Å². The monoisotopic (exact) mass is 442 g/mol. The Bertz CT molecular complexity index is 1040. The second-order valence-corrected chi connectivity index (χ2v) is 8.30. The van der Waals surface area contributed by atoms with Crippen molar-refractivity contribution in [3.8, 4) is 0 Å². The van der Waals surface area contributed by atoms with Crippen LogP contribution < -0.4 is 11.2 Å². The lowest BCUT2D eigenvalue weighted by atomic mass is 10.1. The summed E-state index contributed by atoms with van der Waals surface area (Å²) < 4.78 is 22.5. The normalized spacial score (nSPS) is 24.3. The van der Waals surface area contributed by atoms with Crippen LogP contribution in [0.25, 0.3) is 0 Å². The van der Waals surface area contributed by atoms with E-state index < -0.39 is 50.2 Å². The van der Waals surface area contributed by atoms with Crippen LogP contribution in [-0.2, 0) is 26.8 Å². The van der Waals surface area contributed by atoms with Crippen molar-refractivity contribution in [1.82, 2.24) is 9.13 Å². The van der Waals surface area contributed by atoms with Crippen LogP contribution in [0.5, 0.6) is 0 Å². The van der Waals surface area contributed by atoms with Crippen LogP contribution in [0.3, 0.4) is 0 Å². The molecule has 1 aromatic heterocycles. The van der Waals surface area contributed by atoms with E-state index in [2.05, 4.69) is 4.52 Å². The smallest absolute Gasteiger partial charge is 0.387 e. The summed E-state index contributed by atoms with van der Waals surface area (Å²) in [5.41, 5.74) is 0.742. The second kappa shape index (κ2) is 8.94. The fourth-order valence-corrected chi connectivity index (χ4v) is 3.53. The van der Waals surface area contributed by atoms with E-state index in [-0.39, 0.29) is 6.54 Å². The molecule has 12 heteroatoms. The SMILES string of the molecule is Cc1ccc(CCn2c(=O)ccn([C@@H]3O[C@H](COP(=O)(O)O)[C@H](O)C3O)c2=O)cc1. The average molecular weight is 442 g/mol. The minimum Gasteiger partial charge on any atom is -0.387 e. The molecule has 30 heavy (non-hydrogen) atoms. The summed E-state index contributed by atoms with van der Waals surface area (Å²) in [7, 11) is -4.81. The molecular formula is C18H23N2O9P. The number of aliphatic hydroxyl groups is 2. The van der Waals surface area contributed by atoms with E-state index in [1.165, 1.54) is 0 Å². The van der Waals surface area contributed by atoms with Crippen LogP contribution in [0.2, 0.25) is 0 Å². The first-order valence-corrected chi connectivity index (χ1v) is 10.7. The molecule has 4 atom stereocenters. The first-order valence-electron chi connectivity index (χ1n) is 9.16. The van der Waals surface area contributed by atoms with Crippen LogP contribution in [0, 0.1) is 6.92 Å². The fourth-order valence-electron chi connectivity index (χ4n) is 3.19. The quantitative estimate of drug-likeness (QED) is 0.406. The predicted molar refractivity (Wildman–Crippen MR) is 104 cm³/mol. The number of aromatic nitrogens is 2. The fraction of sp³-hybridized carbons (Fsp3) is 0.444. The van der Waals surface area contributed by atoms with Gasteiger partial charge in [-0.2, -0.15) is 0 Å². The molecule has 0 spiro atoms. The zero-order chi connectivity index (χ0) is 22.1. The summed E-state index contributed by atoms with van der Waals surface area (Å²) in [5.74, 6) is 0. The highest BCUT2D eigenvalue weighted by atomic mass is 31.2. The van der Waals surface area contributed by atoms with Crippen molar-refractivity contribution < 1.29 is 33.8 Å². The maximum Gasteiger partial charge on any atom is 0.469 e. The average Bonchev–Trinajstić information content (AvgIpc) is 2.95. The van der Waals surface area contributed by atoms with Gasteiger partial charge in [0, 0.05) is 18.8 Å². The van der Waals surface area contributed by atoms with Gasteiger partial charge in [0.15, 0.2) is 6.23 Å². The van der Waals surface area contributed by atoms with Gasteiger partial charge in [-0.15, -0.1) is 0 Å². The number of nitrogens with zero attached hydrogens (tertiary/aromatic N) is 2. The van der Waals surface area contributed by atoms with Gasteiger partial charge in [-0.3, -0.25) is 18.5 Å². The Morgan fingerprint density at radius 2 is 1.77 bits per heavy atom. The lowest BCUT2D eigenvalue weighted by Gasteiger charge is -2.18. The molecule has 3 rings (SSSR count). The molecule has 1 unspecified atom stereocenters. The highest BCUT2D eigenvalue weighted by Gasteiger charge is 2.45. The van der Waals surface area contributed by atoms with Crippen molar-refractivity contribution in [3.05, 3.63) is 68.5 Å². The second-order valence-electron chi connectivity index (χ2n) is 7.06. The number of aryl methyl sites for hydroxylation is 2. The van der Waals surface area contributed by atoms with Crippen LogP contribution in [-0.4, -0.2) is 54.1 Å². The maximum atomic E-state index is 12.8. The van der Waals surface area contributed by atoms with Gasteiger partial charge in [-0.25, -0.2) is 9.36 Å². The molecule has 2 heterocycles. The topological polar surface area (TPSA) is 160 Å². The first kappa shape index (κ1) is 22.6. The minimum atomic E-state index is -4.81. The van der Waals surface area contributed by atoms with Crippen LogP contribution in [0.4, 0.5) is 0 Å². The molecule has 11 nitrogen and oxygen atoms in total. The van der Waals surface area contributed by atoms with Gasteiger partial charge < -0.3 is 24.7 Å². The number of phosphoric acid groups is 1. The Morgan fingerprint density at radius 3 is 2.40 bits per heavy atom. The molecule has 0 saturated carbocycles. The van der Waals surface area contributed by atoms with Crippen molar-refractivity contribution in [2.24, 2.45) is 0 Å². The van der Waals surface area contributed by atoms with E-state index in [1.807, 2.05) is 31.2 Å². The van der Waals surface area contributed by atoms with Gasteiger partial charge in [0.05, 0.1) is 6.61 Å². The zero-order valence-corrected chi connectivity index (χ0v) is 17.0. The van der Waals surface area contributed by atoms with Crippen LogP contribution in [0.1, 0.15) is 17.4 Å². The van der Waals surface area contributed by atoms with E-state index in [1.54, 1.807) is 0 Å². The molecule has 4 N–H and O–H groups in total. The number of hydrogen-bond donors (Lipinski definition) is 4. The highest BCUT2D eigenvalue weighted by molar-refractivity contribution is 7.46. The number of aliphatic hydroxyl groups excluding tert-OH is 2. The number of hydrogen-bond acceptors (Lipinski definition) is 7. The summed E-state index contributed by atoms with van der Waals surface area (Å²) >= 11 is 0. The Hall–Kier alpha value is -2.11. The number of benzene rings is 1. The van der Waals surface area contributed by atoms with Gasteiger partial charge in [0.1, 0.15) is 18.3 Å². The zero-order valence-electron chi connectivity index (χ0n) is 16.1. The van der Waals surface area contributed by atoms with Gasteiger partial charge in [0.2, 0.25) is 0 Å². The molecule has 2 aromatic rings. The maximum absolute atomic E-state index is 12.8. The summed E-state index contributed by atoms with van der Waals surface area (Å²) in [6.45, 7) is 1.35. The summed E-state index contributed by atoms with van der Waals surface area (Å²) in [6.07, 6.45) is -4.20. The first-order chi connectivity index (χ1) is 14.1. The largest absolute Gasteiger partial charge is 0.469 e. The third kappa shape index (κ3) is 5.13. The molecule has 0 aliphatic carbocycles. The van der Waals surface area contributed by atoms with Crippen molar-refractivity contribution >= 4 is 7.82 Å². The Balaban J connectivity index is 1.80. The van der Waals surface area contributed by atoms with Gasteiger partial charge in [-0.05, 0) is 18.9 Å². The van der Waals surface area contributed by atoms with E-state index in [0.717, 1.165) is 32.5 Å². The van der Waals surface area contributed by atoms with Crippen LogP contribution >= 0.6 is 7.82 Å². The molecule has 1 fully saturated rings. The van der Waals surface area contributed by atoms with E-state index in [0.29, 0.717) is 6.42 Å². The van der Waals surface area contributed by atoms with E-state index >= 15 is 0 Å². The number of ether oxygens (including phenoxy) is 1. The molecule has 0 radical (unpaired) electrons.